The Morgan fingerprint density at radius 1 is 1.13 bits per heavy atom. The van der Waals surface area contributed by atoms with Gasteiger partial charge < -0.3 is 5.32 Å². The summed E-state index contributed by atoms with van der Waals surface area (Å²) in [6, 6.07) is 6.41. The Balaban J connectivity index is 1.69. The molecule has 0 bridgehead atoms. The van der Waals surface area contributed by atoms with Gasteiger partial charge in [0.2, 0.25) is 15.9 Å². The monoisotopic (exact) mass is 478 g/mol. The SMILES string of the molecule is Cc1cc(F)ccc1NC(=O)C1CCN(S(=O)(=O)c2ccc(Cl)c(C(F)(F)F)c2)CC1. The smallest absolute Gasteiger partial charge is 0.326 e. The van der Waals surface area contributed by atoms with Crippen LogP contribution in [0.4, 0.5) is 23.2 Å². The van der Waals surface area contributed by atoms with Crippen LogP contribution in [0.1, 0.15) is 24.0 Å². The summed E-state index contributed by atoms with van der Waals surface area (Å²) in [5.74, 6) is -1.23. The maximum atomic E-state index is 13.2. The standard InChI is InChI=1S/C20H19ClF4N2O3S/c1-12-10-14(22)2-5-18(12)26-19(28)13-6-8-27(9-7-13)31(29,30)15-3-4-17(21)16(11-15)20(23,24)25/h2-5,10-11,13H,6-9H2,1H3,(H,26,28). The van der Waals surface area contributed by atoms with Crippen molar-refractivity contribution < 1.29 is 30.8 Å². The Labute approximate surface area is 182 Å². The van der Waals surface area contributed by atoms with Crippen molar-refractivity contribution in [1.29, 1.82) is 0 Å². The maximum Gasteiger partial charge on any atom is 0.417 e. The number of aryl methyl sites for hydroxylation is 1. The van der Waals surface area contributed by atoms with E-state index in [0.29, 0.717) is 17.3 Å². The molecule has 0 unspecified atom stereocenters. The van der Waals surface area contributed by atoms with E-state index in [1.54, 1.807) is 6.92 Å². The van der Waals surface area contributed by atoms with Crippen molar-refractivity contribution in [2.45, 2.75) is 30.8 Å². The summed E-state index contributed by atoms with van der Waals surface area (Å²) >= 11 is 5.56. The van der Waals surface area contributed by atoms with Gasteiger partial charge in [0.25, 0.3) is 0 Å². The van der Waals surface area contributed by atoms with E-state index >= 15 is 0 Å². The number of nitrogens with zero attached hydrogens (tertiary/aromatic N) is 1. The Bertz CT molecular complexity index is 1100. The molecule has 0 aromatic heterocycles. The number of benzene rings is 2. The van der Waals surface area contributed by atoms with Gasteiger partial charge in [-0.05, 0) is 61.7 Å². The van der Waals surface area contributed by atoms with Gasteiger partial charge in [0.1, 0.15) is 5.82 Å². The predicted molar refractivity (Wildman–Crippen MR) is 108 cm³/mol. The van der Waals surface area contributed by atoms with Gasteiger partial charge in [-0.2, -0.15) is 17.5 Å². The third-order valence-electron chi connectivity index (χ3n) is 5.15. The van der Waals surface area contributed by atoms with Crippen LogP contribution in [0, 0.1) is 18.7 Å². The van der Waals surface area contributed by atoms with Crippen LogP contribution in [-0.4, -0.2) is 31.7 Å². The van der Waals surface area contributed by atoms with Gasteiger partial charge in [-0.1, -0.05) is 11.6 Å². The molecule has 1 N–H and O–H groups in total. The molecule has 0 aliphatic carbocycles. The number of halogens is 5. The Morgan fingerprint density at radius 3 is 2.35 bits per heavy atom. The maximum absolute atomic E-state index is 13.2. The molecule has 168 valence electrons. The summed E-state index contributed by atoms with van der Waals surface area (Å²) in [6.07, 6.45) is -4.39. The van der Waals surface area contributed by atoms with Crippen LogP contribution in [0.2, 0.25) is 5.02 Å². The first-order valence-electron chi connectivity index (χ1n) is 9.33. The van der Waals surface area contributed by atoms with Gasteiger partial charge in [0.15, 0.2) is 0 Å². The molecule has 1 aliphatic heterocycles. The zero-order chi connectivity index (χ0) is 23.0. The van der Waals surface area contributed by atoms with Gasteiger partial charge in [-0.3, -0.25) is 4.79 Å². The van der Waals surface area contributed by atoms with Crippen molar-refractivity contribution in [2.75, 3.05) is 18.4 Å². The number of anilines is 1. The number of carbonyl (C=O) groups excluding carboxylic acids is 1. The van der Waals surface area contributed by atoms with Gasteiger partial charge >= 0.3 is 6.18 Å². The van der Waals surface area contributed by atoms with Crippen LogP contribution in [-0.2, 0) is 21.0 Å². The fourth-order valence-electron chi connectivity index (χ4n) is 3.39. The normalized spacial score (nSPS) is 16.3. The molecule has 0 radical (unpaired) electrons. The van der Waals surface area contributed by atoms with E-state index < -0.39 is 43.4 Å². The molecule has 1 heterocycles. The first-order valence-corrected chi connectivity index (χ1v) is 11.2. The number of amides is 1. The topological polar surface area (TPSA) is 66.5 Å². The summed E-state index contributed by atoms with van der Waals surface area (Å²) < 4.78 is 79.1. The average molecular weight is 479 g/mol. The third-order valence-corrected chi connectivity index (χ3v) is 7.38. The number of piperidine rings is 1. The highest BCUT2D eigenvalue weighted by atomic mass is 35.5. The highest BCUT2D eigenvalue weighted by molar-refractivity contribution is 7.89. The highest BCUT2D eigenvalue weighted by Gasteiger charge is 2.37. The van der Waals surface area contributed by atoms with E-state index in [0.717, 1.165) is 16.4 Å². The first kappa shape index (κ1) is 23.5. The summed E-state index contributed by atoms with van der Waals surface area (Å²) in [6.45, 7) is 1.61. The molecule has 1 amide bonds. The summed E-state index contributed by atoms with van der Waals surface area (Å²) in [5.41, 5.74) is -0.210. The van der Waals surface area contributed by atoms with Crippen LogP contribution >= 0.6 is 11.6 Å². The van der Waals surface area contributed by atoms with Crippen molar-refractivity contribution in [3.63, 3.8) is 0 Å². The number of rotatable bonds is 4. The summed E-state index contributed by atoms with van der Waals surface area (Å²) in [5, 5.41) is 2.12. The minimum absolute atomic E-state index is 0.0210. The van der Waals surface area contributed by atoms with E-state index in [4.69, 9.17) is 11.6 Å². The minimum Gasteiger partial charge on any atom is -0.326 e. The molecule has 0 atom stereocenters. The molecular weight excluding hydrogens is 460 g/mol. The third kappa shape index (κ3) is 5.19. The molecule has 0 spiro atoms. The van der Waals surface area contributed by atoms with Gasteiger partial charge in [-0.25, -0.2) is 12.8 Å². The molecule has 3 rings (SSSR count). The first-order chi connectivity index (χ1) is 14.4. The van der Waals surface area contributed by atoms with Crippen LogP contribution in [0.25, 0.3) is 0 Å². The Hall–Kier alpha value is -2.17. The van der Waals surface area contributed by atoms with E-state index in [1.165, 1.54) is 18.2 Å². The van der Waals surface area contributed by atoms with Crippen LogP contribution < -0.4 is 5.32 Å². The lowest BCUT2D eigenvalue weighted by Gasteiger charge is -2.30. The summed E-state index contributed by atoms with van der Waals surface area (Å²) in [4.78, 5) is 12.0. The molecule has 2 aromatic carbocycles. The second-order valence-corrected chi connectivity index (χ2v) is 9.61. The number of carbonyl (C=O) groups is 1. The molecule has 5 nitrogen and oxygen atoms in total. The zero-order valence-corrected chi connectivity index (χ0v) is 17.9. The molecule has 31 heavy (non-hydrogen) atoms. The van der Waals surface area contributed by atoms with Crippen LogP contribution in [0.5, 0.6) is 0 Å². The number of alkyl halides is 3. The molecular formula is C20H19ClF4N2O3S. The van der Waals surface area contributed by atoms with E-state index in [1.807, 2.05) is 0 Å². The fourth-order valence-corrected chi connectivity index (χ4v) is 5.11. The summed E-state index contributed by atoms with van der Waals surface area (Å²) in [7, 11) is -4.18. The van der Waals surface area contributed by atoms with E-state index in [2.05, 4.69) is 5.32 Å². The van der Waals surface area contributed by atoms with E-state index in [-0.39, 0.29) is 31.8 Å². The lowest BCUT2D eigenvalue weighted by molar-refractivity contribution is -0.137. The van der Waals surface area contributed by atoms with Crippen LogP contribution in [0.15, 0.2) is 41.3 Å². The lowest BCUT2D eigenvalue weighted by Crippen LogP contribution is -2.41. The molecule has 1 saturated heterocycles. The second kappa shape index (κ2) is 8.76. The van der Waals surface area contributed by atoms with Crippen molar-refractivity contribution in [3.05, 3.63) is 58.4 Å². The number of nitrogens with one attached hydrogen (secondary N) is 1. The van der Waals surface area contributed by atoms with Crippen LogP contribution in [0.3, 0.4) is 0 Å². The largest absolute Gasteiger partial charge is 0.417 e. The highest BCUT2D eigenvalue weighted by Crippen LogP contribution is 2.37. The fraction of sp³-hybridized carbons (Fsp3) is 0.350. The van der Waals surface area contributed by atoms with Crippen molar-refractivity contribution in [1.82, 2.24) is 4.31 Å². The Kier molecular flexibility index (Phi) is 6.64. The predicted octanol–water partition coefficient (Wildman–Crippen LogP) is 4.85. The lowest BCUT2D eigenvalue weighted by atomic mass is 9.97. The van der Waals surface area contributed by atoms with Crippen molar-refractivity contribution >= 4 is 33.2 Å². The number of sulfonamides is 1. The van der Waals surface area contributed by atoms with E-state index in [9.17, 15) is 30.8 Å². The zero-order valence-electron chi connectivity index (χ0n) is 16.3. The average Bonchev–Trinajstić information content (AvgIpc) is 2.69. The Morgan fingerprint density at radius 2 is 1.77 bits per heavy atom. The molecule has 11 heteroatoms. The minimum atomic E-state index is -4.79. The van der Waals surface area contributed by atoms with Gasteiger partial charge in [0, 0.05) is 24.7 Å². The van der Waals surface area contributed by atoms with Crippen molar-refractivity contribution in [3.8, 4) is 0 Å². The molecule has 1 fully saturated rings. The molecule has 1 aliphatic rings. The number of hydrogen-bond donors (Lipinski definition) is 1. The quantitative estimate of drug-likeness (QED) is 0.639. The van der Waals surface area contributed by atoms with Crippen molar-refractivity contribution in [2.24, 2.45) is 5.92 Å². The second-order valence-electron chi connectivity index (χ2n) is 7.27. The molecule has 0 saturated carbocycles. The van der Waals surface area contributed by atoms with Gasteiger partial charge in [0.05, 0.1) is 15.5 Å². The number of hydrogen-bond acceptors (Lipinski definition) is 3. The van der Waals surface area contributed by atoms with Gasteiger partial charge in [-0.15, -0.1) is 0 Å². The molecule has 2 aromatic rings.